The van der Waals surface area contributed by atoms with Crippen molar-refractivity contribution in [3.05, 3.63) is 51.5 Å². The fourth-order valence-corrected chi connectivity index (χ4v) is 4.01. The molecule has 0 bridgehead atoms. The summed E-state index contributed by atoms with van der Waals surface area (Å²) in [5, 5.41) is 19.3. The Kier molecular flexibility index (Phi) is 4.91. The van der Waals surface area contributed by atoms with Crippen LogP contribution in [0, 0.1) is 0 Å². The number of benzene rings is 1. The van der Waals surface area contributed by atoms with Crippen LogP contribution in [-0.2, 0) is 13.0 Å². The normalized spacial score (nSPS) is 16.7. The van der Waals surface area contributed by atoms with Crippen LogP contribution in [-0.4, -0.2) is 25.0 Å². The Hall–Kier alpha value is -1.99. The predicted molar refractivity (Wildman–Crippen MR) is 104 cm³/mol. The smallest absolute Gasteiger partial charge is 0.206 e. The van der Waals surface area contributed by atoms with Crippen molar-refractivity contribution >= 4 is 28.1 Å². The van der Waals surface area contributed by atoms with E-state index >= 15 is 0 Å². The average molecular weight is 389 g/mol. The molecule has 0 spiro atoms. The third-order valence-corrected chi connectivity index (χ3v) is 5.55. The SMILES string of the molecule is CC(C)c1nc2n(n1)CCCC2Nc1nnc(Cc2ccc(Cl)cc2)s1. The van der Waals surface area contributed by atoms with Crippen molar-refractivity contribution in [3.8, 4) is 0 Å². The molecule has 26 heavy (non-hydrogen) atoms. The quantitative estimate of drug-likeness (QED) is 0.699. The molecule has 1 aliphatic rings. The molecule has 136 valence electrons. The van der Waals surface area contributed by atoms with Gasteiger partial charge in [0.05, 0.1) is 6.04 Å². The van der Waals surface area contributed by atoms with E-state index in [1.54, 1.807) is 11.3 Å². The minimum absolute atomic E-state index is 0.139. The molecular formula is C18H21ClN6S. The van der Waals surface area contributed by atoms with Gasteiger partial charge in [-0.3, -0.25) is 0 Å². The van der Waals surface area contributed by atoms with Crippen LogP contribution in [0.15, 0.2) is 24.3 Å². The molecule has 1 unspecified atom stereocenters. The van der Waals surface area contributed by atoms with Gasteiger partial charge in [-0.2, -0.15) is 5.10 Å². The lowest BCUT2D eigenvalue weighted by Gasteiger charge is -2.22. The molecule has 0 aliphatic carbocycles. The molecule has 1 aliphatic heterocycles. The first-order chi connectivity index (χ1) is 12.6. The van der Waals surface area contributed by atoms with E-state index in [0.29, 0.717) is 5.92 Å². The number of hydrogen-bond acceptors (Lipinski definition) is 6. The highest BCUT2D eigenvalue weighted by molar-refractivity contribution is 7.15. The van der Waals surface area contributed by atoms with Gasteiger partial charge in [0.15, 0.2) is 5.82 Å². The molecule has 2 aromatic heterocycles. The molecule has 0 saturated carbocycles. The highest BCUT2D eigenvalue weighted by Crippen LogP contribution is 2.30. The van der Waals surface area contributed by atoms with E-state index in [0.717, 1.165) is 52.6 Å². The number of aromatic nitrogens is 5. The number of rotatable bonds is 5. The monoisotopic (exact) mass is 388 g/mol. The Morgan fingerprint density at radius 3 is 2.85 bits per heavy atom. The molecule has 8 heteroatoms. The van der Waals surface area contributed by atoms with Crippen LogP contribution in [0.3, 0.4) is 0 Å². The van der Waals surface area contributed by atoms with Crippen molar-refractivity contribution in [2.45, 2.75) is 51.6 Å². The molecular weight excluding hydrogens is 368 g/mol. The van der Waals surface area contributed by atoms with E-state index in [-0.39, 0.29) is 6.04 Å². The Bertz CT molecular complexity index is 885. The van der Waals surface area contributed by atoms with Crippen molar-refractivity contribution < 1.29 is 0 Å². The molecule has 1 atom stereocenters. The molecule has 0 saturated heterocycles. The number of hydrogen-bond donors (Lipinski definition) is 1. The highest BCUT2D eigenvalue weighted by Gasteiger charge is 2.25. The van der Waals surface area contributed by atoms with Crippen LogP contribution < -0.4 is 5.32 Å². The zero-order valence-electron chi connectivity index (χ0n) is 14.8. The van der Waals surface area contributed by atoms with Gasteiger partial charge in [0, 0.05) is 23.9 Å². The van der Waals surface area contributed by atoms with Crippen molar-refractivity contribution in [1.29, 1.82) is 0 Å². The van der Waals surface area contributed by atoms with Crippen molar-refractivity contribution in [1.82, 2.24) is 25.0 Å². The van der Waals surface area contributed by atoms with Gasteiger partial charge in [0.2, 0.25) is 5.13 Å². The molecule has 1 aromatic carbocycles. The van der Waals surface area contributed by atoms with Crippen LogP contribution in [0.4, 0.5) is 5.13 Å². The molecule has 1 N–H and O–H groups in total. The molecule has 0 fully saturated rings. The minimum atomic E-state index is 0.139. The zero-order valence-corrected chi connectivity index (χ0v) is 16.4. The number of aryl methyl sites for hydroxylation is 1. The number of fused-ring (bicyclic) bond motifs is 1. The maximum atomic E-state index is 5.94. The van der Waals surface area contributed by atoms with Crippen molar-refractivity contribution in [2.24, 2.45) is 0 Å². The topological polar surface area (TPSA) is 68.5 Å². The Morgan fingerprint density at radius 1 is 1.27 bits per heavy atom. The first-order valence-corrected chi connectivity index (χ1v) is 10.1. The summed E-state index contributed by atoms with van der Waals surface area (Å²) in [5.41, 5.74) is 1.18. The second-order valence-electron chi connectivity index (χ2n) is 6.85. The summed E-state index contributed by atoms with van der Waals surface area (Å²) >= 11 is 7.53. The molecule has 6 nitrogen and oxygen atoms in total. The van der Waals surface area contributed by atoms with Gasteiger partial charge >= 0.3 is 0 Å². The number of nitrogens with zero attached hydrogens (tertiary/aromatic N) is 5. The van der Waals surface area contributed by atoms with Crippen molar-refractivity contribution in [3.63, 3.8) is 0 Å². The van der Waals surface area contributed by atoms with Crippen molar-refractivity contribution in [2.75, 3.05) is 5.32 Å². The summed E-state index contributed by atoms with van der Waals surface area (Å²) in [6, 6.07) is 7.98. The maximum absolute atomic E-state index is 5.94. The van der Waals surface area contributed by atoms with Gasteiger partial charge in [0.1, 0.15) is 10.8 Å². The van der Waals surface area contributed by atoms with E-state index in [9.17, 15) is 0 Å². The fourth-order valence-electron chi connectivity index (χ4n) is 3.06. The molecule has 4 rings (SSSR count). The standard InChI is InChI=1S/C18H21ClN6S/c1-11(2)16-21-17-14(4-3-9-25(17)24-16)20-18-23-22-15(26-18)10-12-5-7-13(19)8-6-12/h5-8,11,14H,3-4,9-10H2,1-2H3,(H,20,23). The lowest BCUT2D eigenvalue weighted by atomic mass is 10.1. The maximum Gasteiger partial charge on any atom is 0.206 e. The van der Waals surface area contributed by atoms with Gasteiger partial charge in [-0.1, -0.05) is 48.9 Å². The van der Waals surface area contributed by atoms with Gasteiger partial charge in [-0.05, 0) is 30.5 Å². The van der Waals surface area contributed by atoms with Gasteiger partial charge in [-0.25, -0.2) is 9.67 Å². The van der Waals surface area contributed by atoms with E-state index in [2.05, 4.69) is 34.5 Å². The van der Waals surface area contributed by atoms with Gasteiger partial charge in [-0.15, -0.1) is 10.2 Å². The zero-order chi connectivity index (χ0) is 18.1. The van der Waals surface area contributed by atoms with Gasteiger partial charge in [0.25, 0.3) is 0 Å². The van der Waals surface area contributed by atoms with E-state index in [4.69, 9.17) is 16.6 Å². The molecule has 0 amide bonds. The number of halogens is 1. The number of anilines is 1. The Labute approximate surface area is 161 Å². The second kappa shape index (κ2) is 7.32. The summed E-state index contributed by atoms with van der Waals surface area (Å²) in [5.74, 6) is 2.25. The van der Waals surface area contributed by atoms with Crippen LogP contribution >= 0.6 is 22.9 Å². The highest BCUT2D eigenvalue weighted by atomic mass is 35.5. The average Bonchev–Trinajstić information content (AvgIpc) is 3.24. The summed E-state index contributed by atoms with van der Waals surface area (Å²) < 4.78 is 2.03. The fraction of sp³-hybridized carbons (Fsp3) is 0.444. The summed E-state index contributed by atoms with van der Waals surface area (Å²) in [6.07, 6.45) is 2.87. The predicted octanol–water partition coefficient (Wildman–Crippen LogP) is 4.44. The first-order valence-electron chi connectivity index (χ1n) is 8.86. The van der Waals surface area contributed by atoms with E-state index in [1.807, 2.05) is 28.9 Å². The molecule has 3 aromatic rings. The molecule has 3 heterocycles. The van der Waals surface area contributed by atoms with Crippen LogP contribution in [0.25, 0.3) is 0 Å². The third-order valence-electron chi connectivity index (χ3n) is 4.44. The first kappa shape index (κ1) is 17.4. The Balaban J connectivity index is 1.47. The molecule has 0 radical (unpaired) electrons. The third kappa shape index (κ3) is 3.73. The van der Waals surface area contributed by atoms with E-state index in [1.165, 1.54) is 5.56 Å². The summed E-state index contributed by atoms with van der Waals surface area (Å²) in [6.45, 7) is 5.18. The largest absolute Gasteiger partial charge is 0.350 e. The summed E-state index contributed by atoms with van der Waals surface area (Å²) in [4.78, 5) is 4.74. The lowest BCUT2D eigenvalue weighted by molar-refractivity contribution is 0.436. The number of nitrogens with one attached hydrogen (secondary N) is 1. The lowest BCUT2D eigenvalue weighted by Crippen LogP contribution is -2.22. The van der Waals surface area contributed by atoms with Crippen LogP contribution in [0.5, 0.6) is 0 Å². The Morgan fingerprint density at radius 2 is 2.08 bits per heavy atom. The van der Waals surface area contributed by atoms with E-state index < -0.39 is 0 Å². The minimum Gasteiger partial charge on any atom is -0.350 e. The summed E-state index contributed by atoms with van der Waals surface area (Å²) in [7, 11) is 0. The van der Waals surface area contributed by atoms with Crippen LogP contribution in [0.2, 0.25) is 5.02 Å². The van der Waals surface area contributed by atoms with Crippen LogP contribution in [0.1, 0.15) is 60.9 Å². The van der Waals surface area contributed by atoms with Gasteiger partial charge < -0.3 is 5.32 Å². The second-order valence-corrected chi connectivity index (χ2v) is 8.35.